The molecule has 142 valence electrons. The number of carbonyl (C=O) groups excluding carboxylic acids is 2. The second-order valence-corrected chi connectivity index (χ2v) is 9.27. The van der Waals surface area contributed by atoms with Crippen LogP contribution < -0.4 is 0 Å². The van der Waals surface area contributed by atoms with Crippen molar-refractivity contribution in [2.24, 2.45) is 10.8 Å². The van der Waals surface area contributed by atoms with Crippen LogP contribution in [0.25, 0.3) is 0 Å². The van der Waals surface area contributed by atoms with Crippen molar-refractivity contribution in [3.8, 4) is 0 Å². The molecule has 0 radical (unpaired) electrons. The van der Waals surface area contributed by atoms with Gasteiger partial charge < -0.3 is 9.80 Å². The number of pyridine rings is 1. The normalized spacial score (nSPS) is 24.2. The molecule has 2 aliphatic heterocycles. The molecule has 0 bridgehead atoms. The highest BCUT2D eigenvalue weighted by Gasteiger charge is 2.42. The first kappa shape index (κ1) is 18.9. The molecule has 26 heavy (non-hydrogen) atoms. The molecule has 5 heteroatoms. The number of hydrogen-bond acceptors (Lipinski definition) is 3. The molecule has 2 fully saturated rings. The van der Waals surface area contributed by atoms with E-state index >= 15 is 0 Å². The summed E-state index contributed by atoms with van der Waals surface area (Å²) in [5.74, 6) is 0.477. The Kier molecular flexibility index (Phi) is 5.35. The molecule has 1 aromatic rings. The Morgan fingerprint density at radius 2 is 2.08 bits per heavy atom. The van der Waals surface area contributed by atoms with Gasteiger partial charge in [-0.1, -0.05) is 26.8 Å². The fourth-order valence-electron chi connectivity index (χ4n) is 4.28. The van der Waals surface area contributed by atoms with Crippen LogP contribution in [0.2, 0.25) is 0 Å². The fourth-order valence-corrected chi connectivity index (χ4v) is 4.28. The number of aromatic nitrogens is 1. The van der Waals surface area contributed by atoms with E-state index in [-0.39, 0.29) is 22.6 Å². The molecule has 0 unspecified atom stereocenters. The van der Waals surface area contributed by atoms with Gasteiger partial charge in [-0.05, 0) is 36.3 Å². The van der Waals surface area contributed by atoms with Gasteiger partial charge in [0.1, 0.15) is 0 Å². The number of nitrogens with zero attached hydrogens (tertiary/aromatic N) is 3. The first-order valence-electron chi connectivity index (χ1n) is 9.71. The van der Waals surface area contributed by atoms with E-state index in [1.165, 1.54) is 0 Å². The van der Waals surface area contributed by atoms with E-state index in [1.54, 1.807) is 6.20 Å². The molecule has 2 aliphatic rings. The molecule has 3 heterocycles. The molecule has 1 spiro atoms. The van der Waals surface area contributed by atoms with E-state index < -0.39 is 0 Å². The van der Waals surface area contributed by atoms with Crippen LogP contribution in [-0.4, -0.2) is 46.2 Å². The molecule has 2 saturated heterocycles. The van der Waals surface area contributed by atoms with E-state index in [9.17, 15) is 9.59 Å². The van der Waals surface area contributed by atoms with Crippen molar-refractivity contribution in [3.05, 3.63) is 30.1 Å². The van der Waals surface area contributed by atoms with Crippen LogP contribution in [0, 0.1) is 10.8 Å². The lowest BCUT2D eigenvalue weighted by Gasteiger charge is -2.48. The summed E-state index contributed by atoms with van der Waals surface area (Å²) in [6.45, 7) is 9.34. The molecule has 2 amide bonds. The Bertz CT molecular complexity index is 653. The molecule has 1 atom stereocenters. The maximum absolute atomic E-state index is 12.7. The number of likely N-dealkylation sites (tertiary alicyclic amines) is 2. The summed E-state index contributed by atoms with van der Waals surface area (Å²) in [6, 6.07) is 3.93. The van der Waals surface area contributed by atoms with Crippen molar-refractivity contribution in [2.75, 3.05) is 19.6 Å². The third kappa shape index (κ3) is 4.63. The zero-order valence-corrected chi connectivity index (χ0v) is 16.3. The summed E-state index contributed by atoms with van der Waals surface area (Å²) < 4.78 is 0. The van der Waals surface area contributed by atoms with Crippen LogP contribution in [0.4, 0.5) is 0 Å². The largest absolute Gasteiger partial charge is 0.342 e. The SMILES string of the molecule is CC(C)(C)CC(=O)N1CCC[C@]2(CCC(=O)N(Cc3cccnc3)C2)C1. The topological polar surface area (TPSA) is 53.5 Å². The minimum atomic E-state index is 0.0105. The zero-order valence-electron chi connectivity index (χ0n) is 16.3. The van der Waals surface area contributed by atoms with E-state index in [1.807, 2.05) is 28.1 Å². The van der Waals surface area contributed by atoms with E-state index in [2.05, 4.69) is 25.8 Å². The van der Waals surface area contributed by atoms with Gasteiger partial charge in [0.2, 0.25) is 11.8 Å². The molecule has 0 aliphatic carbocycles. The molecule has 3 rings (SSSR count). The van der Waals surface area contributed by atoms with Gasteiger partial charge in [-0.2, -0.15) is 0 Å². The molecular weight excluding hydrogens is 326 g/mol. The van der Waals surface area contributed by atoms with Crippen LogP contribution in [0.1, 0.15) is 58.4 Å². The van der Waals surface area contributed by atoms with E-state index in [4.69, 9.17) is 0 Å². The third-order valence-corrected chi connectivity index (χ3v) is 5.54. The number of amides is 2. The third-order valence-electron chi connectivity index (χ3n) is 5.54. The summed E-state index contributed by atoms with van der Waals surface area (Å²) in [7, 11) is 0. The quantitative estimate of drug-likeness (QED) is 0.834. The van der Waals surface area contributed by atoms with Crippen LogP contribution in [0.15, 0.2) is 24.5 Å². The minimum absolute atomic E-state index is 0.0105. The highest BCUT2D eigenvalue weighted by Crippen LogP contribution is 2.39. The Morgan fingerprint density at radius 1 is 1.27 bits per heavy atom. The maximum atomic E-state index is 12.7. The van der Waals surface area contributed by atoms with Crippen molar-refractivity contribution in [1.29, 1.82) is 0 Å². The van der Waals surface area contributed by atoms with Gasteiger partial charge in [-0.15, -0.1) is 0 Å². The fraction of sp³-hybridized carbons (Fsp3) is 0.667. The Morgan fingerprint density at radius 3 is 2.77 bits per heavy atom. The standard InChI is InChI=1S/C21H31N3O2/c1-20(2,3)12-19(26)23-11-5-8-21(15-23)9-7-18(25)24(16-21)14-17-6-4-10-22-13-17/h4,6,10,13H,5,7-9,11-12,14-16H2,1-3H3/t21-/m0/s1. The summed E-state index contributed by atoms with van der Waals surface area (Å²) in [6.07, 6.45) is 7.78. The molecule has 1 aromatic heterocycles. The van der Waals surface area contributed by atoms with Crippen LogP contribution >= 0.6 is 0 Å². The highest BCUT2D eigenvalue weighted by molar-refractivity contribution is 5.78. The van der Waals surface area contributed by atoms with Crippen LogP contribution in [0.3, 0.4) is 0 Å². The second-order valence-electron chi connectivity index (χ2n) is 9.27. The van der Waals surface area contributed by atoms with Gasteiger partial charge in [-0.3, -0.25) is 14.6 Å². The van der Waals surface area contributed by atoms with Gasteiger partial charge in [0.05, 0.1) is 0 Å². The van der Waals surface area contributed by atoms with Crippen molar-refractivity contribution in [1.82, 2.24) is 14.8 Å². The minimum Gasteiger partial charge on any atom is -0.342 e. The van der Waals surface area contributed by atoms with Crippen molar-refractivity contribution >= 4 is 11.8 Å². The van der Waals surface area contributed by atoms with Crippen LogP contribution in [-0.2, 0) is 16.1 Å². The second kappa shape index (κ2) is 7.37. The van der Waals surface area contributed by atoms with Gasteiger partial charge in [-0.25, -0.2) is 0 Å². The number of rotatable bonds is 3. The van der Waals surface area contributed by atoms with Crippen molar-refractivity contribution in [2.45, 2.75) is 59.4 Å². The first-order chi connectivity index (χ1) is 12.3. The monoisotopic (exact) mass is 357 g/mol. The smallest absolute Gasteiger partial charge is 0.223 e. The summed E-state index contributed by atoms with van der Waals surface area (Å²) in [5.41, 5.74) is 1.13. The van der Waals surface area contributed by atoms with Gasteiger partial charge in [0.15, 0.2) is 0 Å². The Hall–Kier alpha value is -1.91. The Balaban J connectivity index is 1.68. The average molecular weight is 357 g/mol. The zero-order chi connectivity index (χ0) is 18.8. The first-order valence-corrected chi connectivity index (χ1v) is 9.71. The lowest BCUT2D eigenvalue weighted by molar-refractivity contribution is -0.144. The number of carbonyl (C=O) groups is 2. The predicted molar refractivity (Wildman–Crippen MR) is 101 cm³/mol. The Labute approximate surface area is 156 Å². The highest BCUT2D eigenvalue weighted by atomic mass is 16.2. The molecule has 0 saturated carbocycles. The molecule has 5 nitrogen and oxygen atoms in total. The van der Waals surface area contributed by atoms with E-state index in [0.29, 0.717) is 19.4 Å². The average Bonchev–Trinajstić information content (AvgIpc) is 2.58. The van der Waals surface area contributed by atoms with Gasteiger partial charge in [0.25, 0.3) is 0 Å². The number of piperidine rings is 2. The van der Waals surface area contributed by atoms with Gasteiger partial charge >= 0.3 is 0 Å². The maximum Gasteiger partial charge on any atom is 0.223 e. The summed E-state index contributed by atoms with van der Waals surface area (Å²) in [4.78, 5) is 33.3. The van der Waals surface area contributed by atoms with Crippen molar-refractivity contribution in [3.63, 3.8) is 0 Å². The van der Waals surface area contributed by atoms with Gasteiger partial charge in [0, 0.05) is 56.8 Å². The van der Waals surface area contributed by atoms with E-state index in [0.717, 1.165) is 44.5 Å². The lowest BCUT2D eigenvalue weighted by atomic mass is 9.73. The molecule has 0 N–H and O–H groups in total. The molecule has 0 aromatic carbocycles. The number of hydrogen-bond donors (Lipinski definition) is 0. The van der Waals surface area contributed by atoms with Crippen molar-refractivity contribution < 1.29 is 9.59 Å². The molecular formula is C21H31N3O2. The summed E-state index contributed by atoms with van der Waals surface area (Å²) in [5, 5.41) is 0. The predicted octanol–water partition coefficient (Wildman–Crippen LogP) is 3.25. The summed E-state index contributed by atoms with van der Waals surface area (Å²) >= 11 is 0. The lowest BCUT2D eigenvalue weighted by Crippen LogP contribution is -2.55. The van der Waals surface area contributed by atoms with Crippen LogP contribution in [0.5, 0.6) is 0 Å².